The maximum atomic E-state index is 11.4. The summed E-state index contributed by atoms with van der Waals surface area (Å²) in [4.78, 5) is 0.244. The van der Waals surface area contributed by atoms with Crippen molar-refractivity contribution in [3.8, 4) is 11.8 Å². The minimum Gasteiger partial charge on any atom is -0.494 e. The molecule has 0 radical (unpaired) electrons. The number of hydrogen-bond acceptors (Lipinski definition) is 5. The molecule has 0 bridgehead atoms. The van der Waals surface area contributed by atoms with E-state index in [4.69, 9.17) is 15.7 Å². The minimum atomic E-state index is -3.22. The van der Waals surface area contributed by atoms with Gasteiger partial charge in [0.25, 0.3) is 0 Å². The summed E-state index contributed by atoms with van der Waals surface area (Å²) in [5.74, 6) is 0.531. The molecule has 20 heavy (non-hydrogen) atoms. The summed E-state index contributed by atoms with van der Waals surface area (Å²) in [5, 5.41) is 8.77. The number of unbranched alkanes of at least 4 members (excludes halogenated alkanes) is 1. The van der Waals surface area contributed by atoms with Crippen LogP contribution in [-0.2, 0) is 9.84 Å². The van der Waals surface area contributed by atoms with E-state index < -0.39 is 15.4 Å². The lowest BCUT2D eigenvalue weighted by Gasteiger charge is -2.14. The first kappa shape index (κ1) is 16.5. The zero-order valence-electron chi connectivity index (χ0n) is 11.8. The molecule has 0 amide bonds. The van der Waals surface area contributed by atoms with Crippen molar-refractivity contribution < 1.29 is 13.2 Å². The van der Waals surface area contributed by atoms with Gasteiger partial charge in [0.2, 0.25) is 0 Å². The highest BCUT2D eigenvalue weighted by molar-refractivity contribution is 7.90. The van der Waals surface area contributed by atoms with Gasteiger partial charge in [-0.2, -0.15) is 5.26 Å². The molecule has 0 spiro atoms. The van der Waals surface area contributed by atoms with Crippen molar-refractivity contribution >= 4 is 9.84 Å². The van der Waals surface area contributed by atoms with Gasteiger partial charge in [-0.15, -0.1) is 0 Å². The smallest absolute Gasteiger partial charge is 0.175 e. The van der Waals surface area contributed by atoms with Crippen molar-refractivity contribution in [1.29, 1.82) is 5.26 Å². The largest absolute Gasteiger partial charge is 0.494 e. The first-order valence-corrected chi connectivity index (χ1v) is 8.27. The molecule has 1 rings (SSSR count). The van der Waals surface area contributed by atoms with Crippen LogP contribution in [0.4, 0.5) is 0 Å². The summed E-state index contributed by atoms with van der Waals surface area (Å²) in [6.45, 7) is 2.16. The molecule has 0 saturated heterocycles. The van der Waals surface area contributed by atoms with Gasteiger partial charge in [-0.3, -0.25) is 0 Å². The van der Waals surface area contributed by atoms with Gasteiger partial charge in [-0.05, 0) is 44.4 Å². The fourth-order valence-corrected chi connectivity index (χ4v) is 2.29. The molecule has 5 nitrogen and oxygen atoms in total. The Bertz CT molecular complexity index is 589. The lowest BCUT2D eigenvalue weighted by Crippen LogP contribution is -2.33. The fourth-order valence-electron chi connectivity index (χ4n) is 1.63. The lowest BCUT2D eigenvalue weighted by molar-refractivity contribution is 0.300. The van der Waals surface area contributed by atoms with E-state index in [2.05, 4.69) is 0 Å². The van der Waals surface area contributed by atoms with Gasteiger partial charge >= 0.3 is 0 Å². The first-order valence-electron chi connectivity index (χ1n) is 6.38. The summed E-state index contributed by atoms with van der Waals surface area (Å²) in [7, 11) is -3.22. The van der Waals surface area contributed by atoms with Crippen molar-refractivity contribution in [2.45, 2.75) is 36.6 Å². The van der Waals surface area contributed by atoms with Gasteiger partial charge in [-0.25, -0.2) is 8.42 Å². The molecule has 1 aromatic carbocycles. The van der Waals surface area contributed by atoms with Crippen LogP contribution in [0.25, 0.3) is 0 Å². The van der Waals surface area contributed by atoms with Crippen LogP contribution in [0.3, 0.4) is 0 Å². The number of ether oxygens (including phenoxy) is 1. The van der Waals surface area contributed by atoms with Crippen molar-refractivity contribution in [3.05, 3.63) is 24.3 Å². The van der Waals surface area contributed by atoms with Crippen molar-refractivity contribution in [3.63, 3.8) is 0 Å². The van der Waals surface area contributed by atoms with Gasteiger partial charge in [0.1, 0.15) is 11.3 Å². The molecule has 2 N–H and O–H groups in total. The standard InChI is InChI=1S/C14H20N2O3S/c1-14(16,11-15)8-3-4-9-19-12-6-5-7-13(10-12)20(2,17)18/h5-7,10H,3-4,8-9,16H2,1-2H3. The molecular weight excluding hydrogens is 276 g/mol. The average molecular weight is 296 g/mol. The lowest BCUT2D eigenvalue weighted by atomic mass is 9.98. The number of nitrogens with zero attached hydrogens (tertiary/aromatic N) is 1. The quantitative estimate of drug-likeness (QED) is 0.775. The maximum Gasteiger partial charge on any atom is 0.175 e. The summed E-state index contributed by atoms with van der Waals surface area (Å²) in [5.41, 5.74) is 4.91. The van der Waals surface area contributed by atoms with Gasteiger partial charge in [0, 0.05) is 6.26 Å². The third-order valence-electron chi connectivity index (χ3n) is 2.85. The van der Waals surface area contributed by atoms with E-state index in [1.165, 1.54) is 12.1 Å². The highest BCUT2D eigenvalue weighted by atomic mass is 32.2. The Morgan fingerprint density at radius 3 is 2.70 bits per heavy atom. The molecule has 0 fully saturated rings. The van der Waals surface area contributed by atoms with Crippen LogP contribution in [0.1, 0.15) is 26.2 Å². The first-order chi connectivity index (χ1) is 9.24. The van der Waals surface area contributed by atoms with E-state index in [0.29, 0.717) is 18.8 Å². The van der Waals surface area contributed by atoms with Crippen LogP contribution < -0.4 is 10.5 Å². The number of benzene rings is 1. The van der Waals surface area contributed by atoms with Crippen LogP contribution >= 0.6 is 0 Å². The summed E-state index contributed by atoms with van der Waals surface area (Å²) < 4.78 is 28.3. The van der Waals surface area contributed by atoms with Crippen LogP contribution in [0, 0.1) is 11.3 Å². The highest BCUT2D eigenvalue weighted by Crippen LogP contribution is 2.18. The molecular formula is C14H20N2O3S. The van der Waals surface area contributed by atoms with E-state index >= 15 is 0 Å². The number of rotatable bonds is 7. The molecule has 1 unspecified atom stereocenters. The second kappa shape index (κ2) is 6.73. The third-order valence-corrected chi connectivity index (χ3v) is 3.96. The summed E-state index contributed by atoms with van der Waals surface area (Å²) in [6, 6.07) is 8.46. The van der Waals surface area contributed by atoms with Crippen molar-refractivity contribution in [2.24, 2.45) is 5.73 Å². The molecule has 1 atom stereocenters. The van der Waals surface area contributed by atoms with Crippen molar-refractivity contribution in [1.82, 2.24) is 0 Å². The number of nitriles is 1. The third kappa shape index (κ3) is 5.59. The van der Waals surface area contributed by atoms with Crippen LogP contribution in [-0.4, -0.2) is 26.8 Å². The Hall–Kier alpha value is -1.58. The van der Waals surface area contributed by atoms with Gasteiger partial charge in [-0.1, -0.05) is 6.07 Å². The normalized spacial score (nSPS) is 14.3. The topological polar surface area (TPSA) is 93.2 Å². The van der Waals surface area contributed by atoms with Gasteiger partial charge in [0.15, 0.2) is 9.84 Å². The fraction of sp³-hybridized carbons (Fsp3) is 0.500. The van der Waals surface area contributed by atoms with Crippen molar-refractivity contribution in [2.75, 3.05) is 12.9 Å². The zero-order valence-corrected chi connectivity index (χ0v) is 12.6. The van der Waals surface area contributed by atoms with Crippen LogP contribution in [0.2, 0.25) is 0 Å². The Balaban J connectivity index is 2.42. The van der Waals surface area contributed by atoms with Crippen LogP contribution in [0.5, 0.6) is 5.75 Å². The average Bonchev–Trinajstić information content (AvgIpc) is 2.37. The molecule has 0 aliphatic carbocycles. The SMILES string of the molecule is CC(N)(C#N)CCCCOc1cccc(S(C)(=O)=O)c1. The number of hydrogen-bond donors (Lipinski definition) is 1. The Morgan fingerprint density at radius 1 is 1.40 bits per heavy atom. The molecule has 0 saturated carbocycles. The number of nitrogens with two attached hydrogens (primary N) is 1. The van der Waals surface area contributed by atoms with Crippen LogP contribution in [0.15, 0.2) is 29.2 Å². The summed E-state index contributed by atoms with van der Waals surface area (Å²) in [6.07, 6.45) is 3.32. The predicted octanol–water partition coefficient (Wildman–Crippen LogP) is 1.88. The highest BCUT2D eigenvalue weighted by Gasteiger charge is 2.15. The molecule has 6 heteroatoms. The van der Waals surface area contributed by atoms with E-state index in [1.807, 2.05) is 6.07 Å². The van der Waals surface area contributed by atoms with E-state index in [0.717, 1.165) is 19.1 Å². The Morgan fingerprint density at radius 2 is 2.10 bits per heavy atom. The molecule has 0 aliphatic heterocycles. The number of sulfone groups is 1. The van der Waals surface area contributed by atoms with E-state index in [1.54, 1.807) is 19.1 Å². The van der Waals surface area contributed by atoms with E-state index in [-0.39, 0.29) is 4.90 Å². The zero-order chi connectivity index (χ0) is 15.2. The molecule has 0 aromatic heterocycles. The van der Waals surface area contributed by atoms with Gasteiger partial charge in [0.05, 0.1) is 17.6 Å². The monoisotopic (exact) mass is 296 g/mol. The molecule has 110 valence electrons. The predicted molar refractivity (Wildman–Crippen MR) is 77.1 cm³/mol. The minimum absolute atomic E-state index is 0.244. The molecule has 0 heterocycles. The maximum absolute atomic E-state index is 11.4. The molecule has 0 aliphatic rings. The second-order valence-corrected chi connectivity index (χ2v) is 7.10. The summed E-state index contributed by atoms with van der Waals surface area (Å²) >= 11 is 0. The second-order valence-electron chi connectivity index (χ2n) is 5.08. The Kier molecular flexibility index (Phi) is 5.54. The van der Waals surface area contributed by atoms with E-state index in [9.17, 15) is 8.42 Å². The molecule has 1 aromatic rings. The van der Waals surface area contributed by atoms with Gasteiger partial charge < -0.3 is 10.5 Å². The Labute approximate surface area is 120 Å².